The van der Waals surface area contributed by atoms with Gasteiger partial charge in [0.05, 0.1) is 12.6 Å². The van der Waals surface area contributed by atoms with E-state index in [1.807, 2.05) is 77.4 Å². The fourth-order valence-corrected chi connectivity index (χ4v) is 2.92. The first-order valence-electron chi connectivity index (χ1n) is 8.23. The largest absolute Gasteiger partial charge is 0.497 e. The van der Waals surface area contributed by atoms with E-state index < -0.39 is 0 Å². The Morgan fingerprint density at radius 3 is 2.50 bits per heavy atom. The molecular weight excluding hydrogens is 326 g/mol. The molecule has 0 atom stereocenters. The second-order valence-corrected chi connectivity index (χ2v) is 5.79. The molecule has 1 amide bonds. The maximum atomic E-state index is 12.9. The average Bonchev–Trinajstić information content (AvgIpc) is 3.09. The third-order valence-electron chi connectivity index (χ3n) is 4.17. The summed E-state index contributed by atoms with van der Waals surface area (Å²) in [5, 5.41) is 3.92. The van der Waals surface area contributed by atoms with E-state index in [1.165, 1.54) is 0 Å². The van der Waals surface area contributed by atoms with Crippen LogP contribution in [-0.2, 0) is 0 Å². The molecule has 0 saturated heterocycles. The number of rotatable bonds is 4. The third kappa shape index (κ3) is 2.91. The second kappa shape index (κ2) is 6.72. The summed E-state index contributed by atoms with van der Waals surface area (Å²) in [6.07, 6.45) is 1.72. The quantitative estimate of drug-likeness (QED) is 0.601. The van der Waals surface area contributed by atoms with Crippen LogP contribution >= 0.6 is 0 Å². The van der Waals surface area contributed by atoms with Gasteiger partial charge in [-0.05, 0) is 48.5 Å². The molecule has 0 aliphatic heterocycles. The molecule has 0 saturated carbocycles. The summed E-state index contributed by atoms with van der Waals surface area (Å²) in [5.74, 6) is 1.25. The van der Waals surface area contributed by atoms with Gasteiger partial charge in [0.25, 0.3) is 5.91 Å². The number of hydrogen-bond acceptors (Lipinski definition) is 3. The number of pyridine rings is 1. The zero-order valence-electron chi connectivity index (χ0n) is 14.2. The minimum Gasteiger partial charge on any atom is -0.497 e. The van der Waals surface area contributed by atoms with E-state index in [9.17, 15) is 4.79 Å². The molecule has 2 heterocycles. The Morgan fingerprint density at radius 2 is 1.77 bits per heavy atom. The van der Waals surface area contributed by atoms with Gasteiger partial charge in [-0.1, -0.05) is 24.3 Å². The standard InChI is InChI=1S/C21H17N3O2/c1-26-17-11-9-16(10-12-17)23-21(25)19-14-15-6-2-3-7-18(15)24(19)20-8-4-5-13-22-20/h2-14H,1H3,(H,23,25). The average molecular weight is 343 g/mol. The first-order valence-corrected chi connectivity index (χ1v) is 8.23. The van der Waals surface area contributed by atoms with Crippen molar-refractivity contribution in [3.8, 4) is 11.6 Å². The van der Waals surface area contributed by atoms with Gasteiger partial charge in [-0.15, -0.1) is 0 Å². The highest BCUT2D eigenvalue weighted by atomic mass is 16.5. The van der Waals surface area contributed by atoms with Gasteiger partial charge in [0.15, 0.2) is 0 Å². The van der Waals surface area contributed by atoms with Crippen molar-refractivity contribution in [2.24, 2.45) is 0 Å². The van der Waals surface area contributed by atoms with Crippen LogP contribution in [0.25, 0.3) is 16.7 Å². The van der Waals surface area contributed by atoms with Crippen molar-refractivity contribution < 1.29 is 9.53 Å². The van der Waals surface area contributed by atoms with Gasteiger partial charge in [0.1, 0.15) is 17.3 Å². The summed E-state index contributed by atoms with van der Waals surface area (Å²) in [4.78, 5) is 17.4. The lowest BCUT2D eigenvalue weighted by Crippen LogP contribution is -2.16. The molecule has 1 N–H and O–H groups in total. The zero-order valence-corrected chi connectivity index (χ0v) is 14.2. The van der Waals surface area contributed by atoms with Gasteiger partial charge in [-0.2, -0.15) is 0 Å². The first-order chi connectivity index (χ1) is 12.8. The van der Waals surface area contributed by atoms with Crippen molar-refractivity contribution in [3.63, 3.8) is 0 Å². The van der Waals surface area contributed by atoms with Crippen LogP contribution in [0.4, 0.5) is 5.69 Å². The third-order valence-corrected chi connectivity index (χ3v) is 4.17. The second-order valence-electron chi connectivity index (χ2n) is 5.79. The van der Waals surface area contributed by atoms with E-state index in [1.54, 1.807) is 13.3 Å². The van der Waals surface area contributed by atoms with Gasteiger partial charge in [-0.3, -0.25) is 9.36 Å². The summed E-state index contributed by atoms with van der Waals surface area (Å²) < 4.78 is 7.02. The van der Waals surface area contributed by atoms with Gasteiger partial charge in [0.2, 0.25) is 0 Å². The summed E-state index contributed by atoms with van der Waals surface area (Å²) in [5.41, 5.74) is 2.17. The van der Waals surface area contributed by atoms with E-state index in [0.717, 1.165) is 16.7 Å². The normalized spacial score (nSPS) is 10.7. The topological polar surface area (TPSA) is 56.1 Å². The van der Waals surface area contributed by atoms with Crippen LogP contribution in [0.1, 0.15) is 10.5 Å². The number of para-hydroxylation sites is 1. The van der Waals surface area contributed by atoms with Gasteiger partial charge < -0.3 is 10.1 Å². The van der Waals surface area contributed by atoms with E-state index in [0.29, 0.717) is 17.2 Å². The lowest BCUT2D eigenvalue weighted by molar-refractivity contribution is 0.102. The number of aromatic nitrogens is 2. The van der Waals surface area contributed by atoms with Crippen LogP contribution in [0.3, 0.4) is 0 Å². The predicted molar refractivity (Wildman–Crippen MR) is 102 cm³/mol. The number of hydrogen-bond donors (Lipinski definition) is 1. The molecule has 4 aromatic rings. The highest BCUT2D eigenvalue weighted by molar-refractivity contribution is 6.07. The Morgan fingerprint density at radius 1 is 1.00 bits per heavy atom. The Bertz CT molecular complexity index is 1050. The number of benzene rings is 2. The Balaban J connectivity index is 1.76. The fraction of sp³-hybridized carbons (Fsp3) is 0.0476. The molecule has 0 aliphatic rings. The summed E-state index contributed by atoms with van der Waals surface area (Å²) in [7, 11) is 1.61. The van der Waals surface area contributed by atoms with Crippen LogP contribution in [-0.4, -0.2) is 22.6 Å². The number of nitrogens with zero attached hydrogens (tertiary/aromatic N) is 2. The van der Waals surface area contributed by atoms with E-state index in [4.69, 9.17) is 4.74 Å². The number of carbonyl (C=O) groups is 1. The molecule has 26 heavy (non-hydrogen) atoms. The molecule has 2 aromatic heterocycles. The molecule has 0 unspecified atom stereocenters. The number of methoxy groups -OCH3 is 1. The van der Waals surface area contributed by atoms with Crippen molar-refractivity contribution in [1.29, 1.82) is 0 Å². The van der Waals surface area contributed by atoms with E-state index in [2.05, 4.69) is 10.3 Å². The van der Waals surface area contributed by atoms with Crippen molar-refractivity contribution >= 4 is 22.5 Å². The first kappa shape index (κ1) is 15.9. The van der Waals surface area contributed by atoms with Crippen molar-refractivity contribution in [2.45, 2.75) is 0 Å². The molecule has 0 spiro atoms. The summed E-state index contributed by atoms with van der Waals surface area (Å²) in [6.45, 7) is 0. The lowest BCUT2D eigenvalue weighted by atomic mass is 10.2. The highest BCUT2D eigenvalue weighted by Crippen LogP contribution is 2.24. The number of fused-ring (bicyclic) bond motifs is 1. The summed E-state index contributed by atoms with van der Waals surface area (Å²) in [6, 6.07) is 22.6. The molecule has 2 aromatic carbocycles. The Kier molecular flexibility index (Phi) is 4.11. The highest BCUT2D eigenvalue weighted by Gasteiger charge is 2.17. The van der Waals surface area contributed by atoms with Crippen LogP contribution in [0.15, 0.2) is 79.0 Å². The monoisotopic (exact) mass is 343 g/mol. The maximum absolute atomic E-state index is 12.9. The smallest absolute Gasteiger partial charge is 0.272 e. The Labute approximate surface area is 150 Å². The van der Waals surface area contributed by atoms with Crippen LogP contribution in [0, 0.1) is 0 Å². The van der Waals surface area contributed by atoms with Crippen LogP contribution in [0.5, 0.6) is 5.75 Å². The minimum absolute atomic E-state index is 0.197. The Hall–Kier alpha value is -3.60. The molecule has 0 radical (unpaired) electrons. The van der Waals surface area contributed by atoms with Crippen LogP contribution < -0.4 is 10.1 Å². The lowest BCUT2D eigenvalue weighted by Gasteiger charge is -2.10. The van der Waals surface area contributed by atoms with E-state index >= 15 is 0 Å². The van der Waals surface area contributed by atoms with Crippen molar-refractivity contribution in [3.05, 3.63) is 84.7 Å². The molecule has 4 rings (SSSR count). The molecule has 128 valence electrons. The molecule has 0 aliphatic carbocycles. The zero-order chi connectivity index (χ0) is 17.9. The molecule has 0 bridgehead atoms. The predicted octanol–water partition coefficient (Wildman–Crippen LogP) is 4.29. The van der Waals surface area contributed by atoms with Gasteiger partial charge >= 0.3 is 0 Å². The van der Waals surface area contributed by atoms with Crippen LogP contribution in [0.2, 0.25) is 0 Å². The maximum Gasteiger partial charge on any atom is 0.272 e. The number of ether oxygens (including phenoxy) is 1. The number of carbonyl (C=O) groups excluding carboxylic acids is 1. The van der Waals surface area contributed by atoms with E-state index in [-0.39, 0.29) is 5.91 Å². The SMILES string of the molecule is COc1ccc(NC(=O)c2cc3ccccc3n2-c2ccccn2)cc1. The van der Waals surface area contributed by atoms with Gasteiger partial charge in [0, 0.05) is 17.3 Å². The fourth-order valence-electron chi connectivity index (χ4n) is 2.92. The van der Waals surface area contributed by atoms with Gasteiger partial charge in [-0.25, -0.2) is 4.98 Å². The molecule has 5 heteroatoms. The van der Waals surface area contributed by atoms with Crippen molar-refractivity contribution in [1.82, 2.24) is 9.55 Å². The summed E-state index contributed by atoms with van der Waals surface area (Å²) >= 11 is 0. The number of nitrogens with one attached hydrogen (secondary N) is 1. The molecule has 0 fully saturated rings. The number of anilines is 1. The minimum atomic E-state index is -0.197. The number of amides is 1. The molecule has 5 nitrogen and oxygen atoms in total. The molecular formula is C21H17N3O2. The van der Waals surface area contributed by atoms with Crippen molar-refractivity contribution in [2.75, 3.05) is 12.4 Å².